The normalized spacial score (nSPS) is 23.5. The number of hydrogen-bond donors (Lipinski definition) is 1. The molecule has 4 atom stereocenters. The van der Waals surface area contributed by atoms with Crippen molar-refractivity contribution in [2.45, 2.75) is 17.5 Å². The standard InChI is InChI=1S/C34H25ClN2O4/c1-41-24-9-6-8-22(19-24)31(39)29-28(30(38)21-13-15-23(35)16-14-21)34(26-11-4-5-12-27(26)36-33(34)40)32-25-10-3-2-7-20(25)17-18-37(29)32/h2-19,28-29,32H,1H3,(H,36,40)/t28-,29+,32-,34+/m1/s1. The molecule has 1 N–H and O–H groups in total. The molecule has 0 saturated carbocycles. The summed E-state index contributed by atoms with van der Waals surface area (Å²) < 4.78 is 5.41. The Bertz CT molecular complexity index is 1760. The molecular weight excluding hydrogens is 536 g/mol. The van der Waals surface area contributed by atoms with Crippen LogP contribution in [0.2, 0.25) is 5.02 Å². The first-order valence-electron chi connectivity index (χ1n) is 13.4. The number of rotatable bonds is 5. The largest absolute Gasteiger partial charge is 0.497 e. The Morgan fingerprint density at radius 2 is 1.63 bits per heavy atom. The number of Topliss-reactive ketones (excluding diaryl/α,β-unsaturated/α-hetero) is 2. The summed E-state index contributed by atoms with van der Waals surface area (Å²) in [6.07, 6.45) is 3.81. The second kappa shape index (κ2) is 9.46. The highest BCUT2D eigenvalue weighted by Crippen LogP contribution is 2.62. The number of methoxy groups -OCH3 is 1. The Morgan fingerprint density at radius 1 is 0.878 bits per heavy atom. The van der Waals surface area contributed by atoms with Gasteiger partial charge in [-0.25, -0.2) is 0 Å². The van der Waals surface area contributed by atoms with Crippen LogP contribution in [0.4, 0.5) is 5.69 Å². The molecule has 3 aliphatic heterocycles. The van der Waals surface area contributed by atoms with Crippen molar-refractivity contribution in [1.82, 2.24) is 4.90 Å². The van der Waals surface area contributed by atoms with Gasteiger partial charge >= 0.3 is 0 Å². The molecule has 0 radical (unpaired) electrons. The number of hydrogen-bond acceptors (Lipinski definition) is 5. The van der Waals surface area contributed by atoms with Crippen LogP contribution >= 0.6 is 11.6 Å². The Hall–Kier alpha value is -4.68. The lowest BCUT2D eigenvalue weighted by molar-refractivity contribution is -0.122. The number of nitrogens with one attached hydrogen (secondary N) is 1. The van der Waals surface area contributed by atoms with E-state index >= 15 is 0 Å². The van der Waals surface area contributed by atoms with Gasteiger partial charge in [-0.2, -0.15) is 0 Å². The molecule has 0 bridgehead atoms. The van der Waals surface area contributed by atoms with Crippen LogP contribution in [-0.4, -0.2) is 35.5 Å². The monoisotopic (exact) mass is 560 g/mol. The average molecular weight is 561 g/mol. The summed E-state index contributed by atoms with van der Waals surface area (Å²) in [6, 6.07) is 27.3. The molecule has 6 nitrogen and oxygen atoms in total. The number of carbonyl (C=O) groups is 3. The molecule has 4 aromatic rings. The summed E-state index contributed by atoms with van der Waals surface area (Å²) in [5.41, 5.74) is 2.59. The lowest BCUT2D eigenvalue weighted by Gasteiger charge is -2.38. The maximum absolute atomic E-state index is 14.7. The van der Waals surface area contributed by atoms with Gasteiger partial charge in [0.1, 0.15) is 17.2 Å². The molecule has 1 amide bonds. The Balaban J connectivity index is 1.53. The summed E-state index contributed by atoms with van der Waals surface area (Å²) in [6.45, 7) is 0. The minimum atomic E-state index is -1.38. The number of ketones is 2. The van der Waals surface area contributed by atoms with Crippen molar-refractivity contribution >= 4 is 40.8 Å². The first-order valence-corrected chi connectivity index (χ1v) is 13.8. The van der Waals surface area contributed by atoms with Gasteiger partial charge in [-0.3, -0.25) is 14.4 Å². The van der Waals surface area contributed by atoms with Crippen LogP contribution in [0.5, 0.6) is 5.75 Å². The summed E-state index contributed by atoms with van der Waals surface area (Å²) in [7, 11) is 1.54. The Labute approximate surface area is 242 Å². The van der Waals surface area contributed by atoms with Crippen molar-refractivity contribution in [2.24, 2.45) is 5.92 Å². The fourth-order valence-electron chi connectivity index (χ4n) is 6.91. The third-order valence-electron chi connectivity index (χ3n) is 8.60. The van der Waals surface area contributed by atoms with Crippen LogP contribution in [0.3, 0.4) is 0 Å². The number of carbonyl (C=O) groups excluding carboxylic acids is 3. The number of para-hydroxylation sites is 1. The van der Waals surface area contributed by atoms with Gasteiger partial charge in [-0.15, -0.1) is 0 Å². The summed E-state index contributed by atoms with van der Waals surface area (Å²) >= 11 is 6.17. The molecule has 202 valence electrons. The minimum absolute atomic E-state index is 0.265. The molecule has 1 fully saturated rings. The number of anilines is 1. The number of benzene rings is 4. The summed E-state index contributed by atoms with van der Waals surface area (Å²) in [5, 5.41) is 3.55. The lowest BCUT2D eigenvalue weighted by Crippen LogP contribution is -2.49. The van der Waals surface area contributed by atoms with Crippen molar-refractivity contribution in [3.8, 4) is 5.75 Å². The SMILES string of the molecule is COc1cccc(C(=O)[C@@H]2[C@H](C(=O)c3ccc(Cl)cc3)[C@]3(C(=O)Nc4ccccc43)[C@H]3c4ccccc4C=CN23)c1. The zero-order valence-electron chi connectivity index (χ0n) is 22.1. The van der Waals surface area contributed by atoms with Crippen LogP contribution in [0.1, 0.15) is 43.4 Å². The second-order valence-corrected chi connectivity index (χ2v) is 11.0. The highest BCUT2D eigenvalue weighted by Gasteiger charge is 2.70. The Morgan fingerprint density at radius 3 is 2.44 bits per heavy atom. The van der Waals surface area contributed by atoms with Gasteiger partial charge in [0.25, 0.3) is 0 Å². The highest BCUT2D eigenvalue weighted by atomic mass is 35.5. The Kier molecular flexibility index (Phi) is 5.84. The number of nitrogens with zero attached hydrogens (tertiary/aromatic N) is 1. The van der Waals surface area contributed by atoms with Crippen molar-refractivity contribution in [3.05, 3.63) is 136 Å². The molecule has 0 unspecified atom stereocenters. The number of halogens is 1. The van der Waals surface area contributed by atoms with E-state index in [0.29, 0.717) is 33.1 Å². The average Bonchev–Trinajstić information content (AvgIpc) is 3.49. The van der Waals surface area contributed by atoms with E-state index in [-0.39, 0.29) is 17.5 Å². The van der Waals surface area contributed by atoms with E-state index in [1.807, 2.05) is 65.7 Å². The van der Waals surface area contributed by atoms with Gasteiger partial charge in [0.2, 0.25) is 5.91 Å². The molecular formula is C34H25ClN2O4. The maximum atomic E-state index is 14.7. The topological polar surface area (TPSA) is 75.7 Å². The van der Waals surface area contributed by atoms with E-state index in [0.717, 1.165) is 11.1 Å². The molecule has 3 aliphatic rings. The zero-order valence-corrected chi connectivity index (χ0v) is 22.8. The number of ether oxygens (including phenoxy) is 1. The van der Waals surface area contributed by atoms with Gasteiger partial charge in [0.15, 0.2) is 11.6 Å². The summed E-state index contributed by atoms with van der Waals surface area (Å²) in [5.74, 6) is -1.38. The predicted molar refractivity (Wildman–Crippen MR) is 157 cm³/mol. The molecule has 1 saturated heterocycles. The van der Waals surface area contributed by atoms with E-state index in [1.54, 1.807) is 55.6 Å². The second-order valence-electron chi connectivity index (χ2n) is 10.6. The highest BCUT2D eigenvalue weighted by molar-refractivity contribution is 6.30. The predicted octanol–water partition coefficient (Wildman–Crippen LogP) is 6.33. The van der Waals surface area contributed by atoms with E-state index in [9.17, 15) is 14.4 Å². The molecule has 0 aliphatic carbocycles. The van der Waals surface area contributed by atoms with Gasteiger partial charge in [-0.05, 0) is 65.2 Å². The van der Waals surface area contributed by atoms with Gasteiger partial charge in [-0.1, -0.05) is 66.2 Å². The fraction of sp³-hybridized carbons (Fsp3) is 0.147. The van der Waals surface area contributed by atoms with Gasteiger partial charge in [0, 0.05) is 28.0 Å². The van der Waals surface area contributed by atoms with Crippen LogP contribution < -0.4 is 10.1 Å². The molecule has 1 spiro atoms. The van der Waals surface area contributed by atoms with Crippen molar-refractivity contribution in [3.63, 3.8) is 0 Å². The van der Waals surface area contributed by atoms with Crippen molar-refractivity contribution in [1.29, 1.82) is 0 Å². The van der Waals surface area contributed by atoms with Crippen molar-refractivity contribution < 1.29 is 19.1 Å². The molecule has 7 rings (SSSR count). The molecule has 0 aromatic heterocycles. The molecule has 3 heterocycles. The number of amides is 1. The molecule has 4 aromatic carbocycles. The lowest BCUT2D eigenvalue weighted by atomic mass is 9.62. The summed E-state index contributed by atoms with van der Waals surface area (Å²) in [4.78, 5) is 45.7. The van der Waals surface area contributed by atoms with Crippen molar-refractivity contribution in [2.75, 3.05) is 12.4 Å². The van der Waals surface area contributed by atoms with Gasteiger partial charge in [0.05, 0.1) is 19.1 Å². The van der Waals surface area contributed by atoms with E-state index in [4.69, 9.17) is 16.3 Å². The van der Waals surface area contributed by atoms with E-state index in [1.165, 1.54) is 0 Å². The van der Waals surface area contributed by atoms with Crippen LogP contribution in [-0.2, 0) is 10.2 Å². The van der Waals surface area contributed by atoms with E-state index < -0.39 is 23.4 Å². The van der Waals surface area contributed by atoms with Crippen LogP contribution in [0.25, 0.3) is 6.08 Å². The van der Waals surface area contributed by atoms with Crippen LogP contribution in [0, 0.1) is 5.92 Å². The molecule has 41 heavy (non-hydrogen) atoms. The quantitative estimate of drug-likeness (QED) is 0.289. The molecule has 7 heteroatoms. The third-order valence-corrected chi connectivity index (χ3v) is 8.86. The maximum Gasteiger partial charge on any atom is 0.238 e. The third kappa shape index (κ3) is 3.60. The van der Waals surface area contributed by atoms with E-state index in [2.05, 4.69) is 5.32 Å². The van der Waals surface area contributed by atoms with Gasteiger partial charge < -0.3 is 15.0 Å². The first-order chi connectivity index (χ1) is 19.9. The minimum Gasteiger partial charge on any atom is -0.497 e. The number of fused-ring (bicyclic) bond motifs is 6. The smallest absolute Gasteiger partial charge is 0.238 e. The zero-order chi connectivity index (χ0) is 28.3. The first kappa shape index (κ1) is 25.3. The van der Waals surface area contributed by atoms with Crippen LogP contribution in [0.15, 0.2) is 103 Å². The fourth-order valence-corrected chi connectivity index (χ4v) is 7.03.